The van der Waals surface area contributed by atoms with Crippen molar-refractivity contribution in [3.05, 3.63) is 41.3 Å². The van der Waals surface area contributed by atoms with Crippen LogP contribution >= 0.6 is 11.3 Å². The third-order valence-electron chi connectivity index (χ3n) is 2.77. The molecule has 0 saturated carbocycles. The van der Waals surface area contributed by atoms with Gasteiger partial charge in [-0.05, 0) is 42.0 Å². The molecule has 1 N–H and O–H groups in total. The summed E-state index contributed by atoms with van der Waals surface area (Å²) in [6, 6.07) is 9.94. The van der Waals surface area contributed by atoms with Crippen molar-refractivity contribution in [3.63, 3.8) is 0 Å². The molecule has 0 radical (unpaired) electrons. The molecule has 108 valence electrons. The number of ketones is 2. The van der Waals surface area contributed by atoms with Gasteiger partial charge in [0.1, 0.15) is 5.75 Å². The number of carbonyl (C=O) groups excluding carboxylic acids is 3. The number of aromatic hydroxyl groups is 1. The summed E-state index contributed by atoms with van der Waals surface area (Å²) in [5, 5.41) is 9.24. The Morgan fingerprint density at radius 1 is 1.10 bits per heavy atom. The van der Waals surface area contributed by atoms with Crippen LogP contribution < -0.4 is 0 Å². The third kappa shape index (κ3) is 3.55. The Morgan fingerprint density at radius 3 is 2.38 bits per heavy atom. The van der Waals surface area contributed by atoms with Gasteiger partial charge in [0, 0.05) is 4.88 Å². The number of methoxy groups -OCH3 is 1. The van der Waals surface area contributed by atoms with E-state index in [9.17, 15) is 19.5 Å². The van der Waals surface area contributed by atoms with E-state index in [1.165, 1.54) is 11.3 Å². The van der Waals surface area contributed by atoms with Gasteiger partial charge in [0.25, 0.3) is 0 Å². The molecule has 6 heteroatoms. The number of rotatable bonds is 5. The van der Waals surface area contributed by atoms with Crippen LogP contribution in [0, 0.1) is 0 Å². The van der Waals surface area contributed by atoms with E-state index in [-0.39, 0.29) is 5.75 Å². The lowest BCUT2D eigenvalue weighted by Gasteiger charge is -1.98. The first-order chi connectivity index (χ1) is 10.0. The van der Waals surface area contributed by atoms with E-state index in [2.05, 4.69) is 4.74 Å². The molecule has 5 nitrogen and oxygen atoms in total. The zero-order valence-corrected chi connectivity index (χ0v) is 12.0. The Kier molecular flexibility index (Phi) is 4.49. The van der Waals surface area contributed by atoms with Crippen LogP contribution in [-0.2, 0) is 14.3 Å². The molecular weight excluding hydrogens is 292 g/mol. The maximum atomic E-state index is 11.9. The number of phenolic OH excluding ortho intramolecular Hbond substituents is 1. The first-order valence-corrected chi connectivity index (χ1v) is 6.86. The number of hydrogen-bond acceptors (Lipinski definition) is 6. The quantitative estimate of drug-likeness (QED) is 0.397. The van der Waals surface area contributed by atoms with Crippen LogP contribution in [-0.4, -0.2) is 29.8 Å². The van der Waals surface area contributed by atoms with Crippen molar-refractivity contribution < 1.29 is 24.2 Å². The van der Waals surface area contributed by atoms with E-state index >= 15 is 0 Å². The van der Waals surface area contributed by atoms with Crippen molar-refractivity contribution in [2.75, 3.05) is 7.11 Å². The minimum Gasteiger partial charge on any atom is -0.508 e. The van der Waals surface area contributed by atoms with E-state index in [0.29, 0.717) is 4.88 Å². The van der Waals surface area contributed by atoms with Gasteiger partial charge in [-0.1, -0.05) is 0 Å². The van der Waals surface area contributed by atoms with Gasteiger partial charge in [-0.15, -0.1) is 11.3 Å². The maximum absolute atomic E-state index is 11.9. The Bertz CT molecular complexity index is 684. The van der Waals surface area contributed by atoms with Crippen LogP contribution in [0.4, 0.5) is 0 Å². The smallest absolute Gasteiger partial charge is 0.374 e. The Labute approximate surface area is 124 Å². The second kappa shape index (κ2) is 6.32. The van der Waals surface area contributed by atoms with Crippen molar-refractivity contribution in [1.29, 1.82) is 0 Å². The monoisotopic (exact) mass is 304 g/mol. The molecule has 1 aromatic carbocycles. The largest absolute Gasteiger partial charge is 0.508 e. The van der Waals surface area contributed by atoms with Gasteiger partial charge in [-0.3, -0.25) is 9.59 Å². The van der Waals surface area contributed by atoms with Crippen LogP contribution in [0.5, 0.6) is 5.75 Å². The molecule has 0 aliphatic rings. The summed E-state index contributed by atoms with van der Waals surface area (Å²) < 4.78 is 4.27. The average molecular weight is 304 g/mol. The summed E-state index contributed by atoms with van der Waals surface area (Å²) in [6.45, 7) is 0. The molecule has 0 fully saturated rings. The molecule has 0 aliphatic heterocycles. The molecule has 0 aliphatic carbocycles. The van der Waals surface area contributed by atoms with Crippen molar-refractivity contribution in [2.45, 2.75) is 6.42 Å². The van der Waals surface area contributed by atoms with Gasteiger partial charge in [0.05, 0.1) is 18.4 Å². The van der Waals surface area contributed by atoms with Crippen LogP contribution in [0.15, 0.2) is 36.4 Å². The van der Waals surface area contributed by atoms with Crippen molar-refractivity contribution in [2.24, 2.45) is 0 Å². The van der Waals surface area contributed by atoms with Gasteiger partial charge in [0.15, 0.2) is 5.78 Å². The molecule has 1 heterocycles. The van der Waals surface area contributed by atoms with Gasteiger partial charge in [-0.25, -0.2) is 4.79 Å². The summed E-state index contributed by atoms with van der Waals surface area (Å²) in [7, 11) is 1.10. The first kappa shape index (κ1) is 14.9. The molecule has 0 spiro atoms. The number of ether oxygens (including phenoxy) is 1. The zero-order chi connectivity index (χ0) is 15.4. The minimum absolute atomic E-state index is 0.162. The fourth-order valence-electron chi connectivity index (χ4n) is 1.69. The summed E-state index contributed by atoms with van der Waals surface area (Å²) in [5.41, 5.74) is 0.858. The van der Waals surface area contributed by atoms with E-state index in [1.807, 2.05) is 0 Å². The van der Waals surface area contributed by atoms with E-state index in [4.69, 9.17) is 0 Å². The molecule has 0 bridgehead atoms. The van der Waals surface area contributed by atoms with Crippen molar-refractivity contribution in [3.8, 4) is 16.2 Å². The number of hydrogen-bond donors (Lipinski definition) is 1. The number of thiophene rings is 1. The molecule has 0 unspecified atom stereocenters. The molecule has 2 aromatic rings. The Morgan fingerprint density at radius 2 is 1.76 bits per heavy atom. The maximum Gasteiger partial charge on any atom is 0.374 e. The lowest BCUT2D eigenvalue weighted by molar-refractivity contribution is -0.151. The lowest BCUT2D eigenvalue weighted by Crippen LogP contribution is -2.18. The third-order valence-corrected chi connectivity index (χ3v) is 3.94. The number of phenols is 1. The predicted molar refractivity (Wildman–Crippen MR) is 77.4 cm³/mol. The van der Waals surface area contributed by atoms with Crippen molar-refractivity contribution >= 4 is 28.9 Å². The highest BCUT2D eigenvalue weighted by Crippen LogP contribution is 2.29. The molecule has 0 saturated heterocycles. The number of benzene rings is 1. The van der Waals surface area contributed by atoms with Gasteiger partial charge < -0.3 is 9.84 Å². The molecule has 2 rings (SSSR count). The molecule has 21 heavy (non-hydrogen) atoms. The van der Waals surface area contributed by atoms with Crippen molar-refractivity contribution in [1.82, 2.24) is 0 Å². The SMILES string of the molecule is COC(=O)C(=O)CC(=O)c1ccc(-c2ccc(O)cc2)s1. The van der Waals surface area contributed by atoms with Gasteiger partial charge >= 0.3 is 5.97 Å². The molecule has 1 aromatic heterocycles. The second-order valence-electron chi connectivity index (χ2n) is 4.23. The van der Waals surface area contributed by atoms with Crippen LogP contribution in [0.25, 0.3) is 10.4 Å². The van der Waals surface area contributed by atoms with E-state index in [0.717, 1.165) is 17.6 Å². The topological polar surface area (TPSA) is 80.7 Å². The summed E-state index contributed by atoms with van der Waals surface area (Å²) in [6.07, 6.45) is -0.498. The summed E-state index contributed by atoms with van der Waals surface area (Å²) >= 11 is 1.23. The molecule has 0 atom stereocenters. The molecule has 0 amide bonds. The number of esters is 1. The van der Waals surface area contributed by atoms with Crippen LogP contribution in [0.1, 0.15) is 16.1 Å². The normalized spacial score (nSPS) is 10.1. The fourth-order valence-corrected chi connectivity index (χ4v) is 2.64. The van der Waals surface area contributed by atoms with Gasteiger partial charge in [-0.2, -0.15) is 0 Å². The predicted octanol–water partition coefficient (Wildman–Crippen LogP) is 2.44. The highest BCUT2D eigenvalue weighted by atomic mass is 32.1. The summed E-state index contributed by atoms with van der Waals surface area (Å²) in [5.74, 6) is -2.13. The van der Waals surface area contributed by atoms with E-state index in [1.54, 1.807) is 36.4 Å². The first-order valence-electron chi connectivity index (χ1n) is 6.05. The Balaban J connectivity index is 2.12. The minimum atomic E-state index is -1.02. The van der Waals surface area contributed by atoms with Crippen LogP contribution in [0.2, 0.25) is 0 Å². The average Bonchev–Trinajstić information content (AvgIpc) is 2.97. The molecular formula is C15H12O5S. The zero-order valence-electron chi connectivity index (χ0n) is 11.2. The fraction of sp³-hybridized carbons (Fsp3) is 0.133. The second-order valence-corrected chi connectivity index (χ2v) is 5.31. The van der Waals surface area contributed by atoms with Gasteiger partial charge in [0.2, 0.25) is 5.78 Å². The lowest BCUT2D eigenvalue weighted by atomic mass is 10.1. The number of carbonyl (C=O) groups is 3. The van der Waals surface area contributed by atoms with E-state index < -0.39 is 24.0 Å². The highest BCUT2D eigenvalue weighted by molar-refractivity contribution is 7.17. The van der Waals surface area contributed by atoms with Crippen LogP contribution in [0.3, 0.4) is 0 Å². The highest BCUT2D eigenvalue weighted by Gasteiger charge is 2.20. The number of Topliss-reactive ketones (excluding diaryl/α,β-unsaturated/α-hetero) is 2. The Hall–Kier alpha value is -2.47. The standard InChI is InChI=1S/C15H12O5S/c1-20-15(19)12(18)8-11(17)14-7-6-13(21-14)9-2-4-10(16)5-3-9/h2-7,16H,8H2,1H3. The summed E-state index contributed by atoms with van der Waals surface area (Å²) in [4.78, 5) is 35.5.